The molecule has 2 rings (SSSR count). The van der Waals surface area contributed by atoms with Crippen LogP contribution in [0.15, 0.2) is 16.9 Å². The van der Waals surface area contributed by atoms with Crippen LogP contribution in [0.2, 0.25) is 0 Å². The monoisotopic (exact) mass is 207 g/mol. The van der Waals surface area contributed by atoms with E-state index < -0.39 is 0 Å². The van der Waals surface area contributed by atoms with Crippen LogP contribution in [0.5, 0.6) is 11.8 Å². The van der Waals surface area contributed by atoms with Crippen molar-refractivity contribution in [3.05, 3.63) is 28.2 Å². The minimum Gasteiger partial charge on any atom is -0.493 e. The average molecular weight is 207 g/mol. The summed E-state index contributed by atoms with van der Waals surface area (Å²) in [5.41, 5.74) is 0.277. The molecular formula is C9H9N3O3. The molecule has 0 aliphatic rings. The van der Waals surface area contributed by atoms with Crippen LogP contribution in [-0.4, -0.2) is 26.6 Å². The minimum atomic E-state index is -0.370. The van der Waals surface area contributed by atoms with Crippen molar-refractivity contribution in [1.29, 1.82) is 0 Å². The Morgan fingerprint density at radius 3 is 2.80 bits per heavy atom. The van der Waals surface area contributed by atoms with E-state index in [9.17, 15) is 4.79 Å². The Hall–Kier alpha value is -2.11. The number of nitrogens with zero attached hydrogens (tertiary/aromatic N) is 3. The van der Waals surface area contributed by atoms with Crippen molar-refractivity contribution in [2.24, 2.45) is 0 Å². The number of aromatic hydroxyl groups is 1. The summed E-state index contributed by atoms with van der Waals surface area (Å²) in [5, 5.41) is 9.16. The van der Waals surface area contributed by atoms with E-state index in [-0.39, 0.29) is 17.2 Å². The van der Waals surface area contributed by atoms with Gasteiger partial charge in [0.2, 0.25) is 17.5 Å². The fourth-order valence-electron chi connectivity index (χ4n) is 1.34. The molecule has 0 saturated heterocycles. The Balaban J connectivity index is 2.91. The Morgan fingerprint density at radius 1 is 1.40 bits per heavy atom. The number of hydrogen-bond donors (Lipinski definition) is 1. The molecule has 78 valence electrons. The summed E-state index contributed by atoms with van der Waals surface area (Å²) in [6.45, 7) is 1.73. The standard InChI is InChI=1S/C9H9N3O3/c1-5-3-7(15-2)11-9-10-6(13)4-8(14)12(5)9/h3-4,13H,1-2H3. The van der Waals surface area contributed by atoms with E-state index in [2.05, 4.69) is 9.97 Å². The van der Waals surface area contributed by atoms with Crippen molar-refractivity contribution in [3.63, 3.8) is 0 Å². The molecule has 6 nitrogen and oxygen atoms in total. The van der Waals surface area contributed by atoms with Crippen molar-refractivity contribution in [1.82, 2.24) is 14.4 Å². The first kappa shape index (κ1) is 9.45. The number of aromatic nitrogens is 3. The van der Waals surface area contributed by atoms with Gasteiger partial charge in [-0.25, -0.2) is 4.40 Å². The zero-order chi connectivity index (χ0) is 11.0. The maximum Gasteiger partial charge on any atom is 0.263 e. The first-order valence-electron chi connectivity index (χ1n) is 4.26. The van der Waals surface area contributed by atoms with Gasteiger partial charge in [-0.05, 0) is 6.92 Å². The van der Waals surface area contributed by atoms with Crippen LogP contribution in [-0.2, 0) is 0 Å². The summed E-state index contributed by atoms with van der Waals surface area (Å²) >= 11 is 0. The molecule has 0 atom stereocenters. The third-order valence-corrected chi connectivity index (χ3v) is 1.99. The van der Waals surface area contributed by atoms with Gasteiger partial charge >= 0.3 is 0 Å². The molecule has 0 amide bonds. The van der Waals surface area contributed by atoms with Crippen LogP contribution < -0.4 is 10.3 Å². The van der Waals surface area contributed by atoms with Crippen molar-refractivity contribution in [2.45, 2.75) is 6.92 Å². The minimum absolute atomic E-state index is 0.122. The summed E-state index contributed by atoms with van der Waals surface area (Å²) in [5.74, 6) is 0.127. The Morgan fingerprint density at radius 2 is 2.13 bits per heavy atom. The first-order valence-corrected chi connectivity index (χ1v) is 4.26. The second kappa shape index (κ2) is 3.23. The molecular weight excluding hydrogens is 198 g/mol. The number of hydrogen-bond acceptors (Lipinski definition) is 5. The number of methoxy groups -OCH3 is 1. The molecule has 0 bridgehead atoms. The van der Waals surface area contributed by atoms with Gasteiger partial charge in [-0.15, -0.1) is 0 Å². The van der Waals surface area contributed by atoms with E-state index in [1.807, 2.05) is 0 Å². The predicted molar refractivity (Wildman–Crippen MR) is 52.2 cm³/mol. The first-order chi connectivity index (χ1) is 7.11. The SMILES string of the molecule is COc1cc(C)n2c(=O)cc(O)nc2n1. The topological polar surface area (TPSA) is 76.7 Å². The lowest BCUT2D eigenvalue weighted by Crippen LogP contribution is -2.17. The molecule has 1 N–H and O–H groups in total. The van der Waals surface area contributed by atoms with Gasteiger partial charge in [0.05, 0.1) is 13.2 Å². The number of aryl methyl sites for hydroxylation is 1. The van der Waals surface area contributed by atoms with Crippen LogP contribution in [0.25, 0.3) is 5.78 Å². The largest absolute Gasteiger partial charge is 0.493 e. The van der Waals surface area contributed by atoms with Gasteiger partial charge in [0.15, 0.2) is 0 Å². The van der Waals surface area contributed by atoms with E-state index >= 15 is 0 Å². The summed E-state index contributed by atoms with van der Waals surface area (Å²) in [6, 6.07) is 2.65. The van der Waals surface area contributed by atoms with Gasteiger partial charge in [-0.2, -0.15) is 9.97 Å². The normalized spacial score (nSPS) is 10.5. The molecule has 2 aromatic rings. The van der Waals surface area contributed by atoms with E-state index in [1.165, 1.54) is 11.5 Å². The molecule has 0 spiro atoms. The molecule has 0 radical (unpaired) electrons. The second-order valence-electron chi connectivity index (χ2n) is 3.03. The van der Waals surface area contributed by atoms with Crippen molar-refractivity contribution in [3.8, 4) is 11.8 Å². The van der Waals surface area contributed by atoms with E-state index in [1.54, 1.807) is 13.0 Å². The molecule has 2 heterocycles. The fourth-order valence-corrected chi connectivity index (χ4v) is 1.34. The maximum atomic E-state index is 11.5. The molecule has 2 aromatic heterocycles. The Kier molecular flexibility index (Phi) is 2.03. The van der Waals surface area contributed by atoms with Crippen LogP contribution in [0.3, 0.4) is 0 Å². The van der Waals surface area contributed by atoms with Gasteiger partial charge in [0.25, 0.3) is 5.56 Å². The summed E-state index contributed by atoms with van der Waals surface area (Å²) in [7, 11) is 1.47. The number of fused-ring (bicyclic) bond motifs is 1. The summed E-state index contributed by atoms with van der Waals surface area (Å²) in [6.07, 6.45) is 0. The molecule has 0 aliphatic heterocycles. The van der Waals surface area contributed by atoms with Gasteiger partial charge < -0.3 is 9.84 Å². The fraction of sp³-hybridized carbons (Fsp3) is 0.222. The molecule has 0 saturated carbocycles. The second-order valence-corrected chi connectivity index (χ2v) is 3.03. The molecule has 0 unspecified atom stereocenters. The highest BCUT2D eigenvalue weighted by Gasteiger charge is 2.07. The third-order valence-electron chi connectivity index (χ3n) is 1.99. The summed E-state index contributed by atoms with van der Waals surface area (Å²) in [4.78, 5) is 19.2. The molecule has 0 aromatic carbocycles. The van der Waals surface area contributed by atoms with Crippen LogP contribution in [0, 0.1) is 6.92 Å². The van der Waals surface area contributed by atoms with Gasteiger partial charge in [0, 0.05) is 11.8 Å². The lowest BCUT2D eigenvalue weighted by molar-refractivity contribution is 0.396. The quantitative estimate of drug-likeness (QED) is 0.718. The maximum absolute atomic E-state index is 11.5. The van der Waals surface area contributed by atoms with E-state index in [4.69, 9.17) is 9.84 Å². The third kappa shape index (κ3) is 1.50. The highest BCUT2D eigenvalue weighted by atomic mass is 16.5. The number of ether oxygens (including phenoxy) is 1. The van der Waals surface area contributed by atoms with Crippen molar-refractivity contribution in [2.75, 3.05) is 7.11 Å². The molecule has 0 aliphatic carbocycles. The van der Waals surface area contributed by atoms with Crippen molar-refractivity contribution < 1.29 is 9.84 Å². The van der Waals surface area contributed by atoms with Crippen LogP contribution in [0.1, 0.15) is 5.69 Å². The zero-order valence-electron chi connectivity index (χ0n) is 8.26. The van der Waals surface area contributed by atoms with Crippen LogP contribution in [0.4, 0.5) is 0 Å². The van der Waals surface area contributed by atoms with E-state index in [0.717, 1.165) is 6.07 Å². The highest BCUT2D eigenvalue weighted by Crippen LogP contribution is 2.11. The smallest absolute Gasteiger partial charge is 0.263 e. The van der Waals surface area contributed by atoms with Gasteiger partial charge in [0.1, 0.15) is 0 Å². The molecule has 15 heavy (non-hydrogen) atoms. The predicted octanol–water partition coefficient (Wildman–Crippen LogP) is 0.112. The van der Waals surface area contributed by atoms with Crippen LogP contribution >= 0.6 is 0 Å². The van der Waals surface area contributed by atoms with Gasteiger partial charge in [-0.1, -0.05) is 0 Å². The zero-order valence-corrected chi connectivity index (χ0v) is 8.26. The summed E-state index contributed by atoms with van der Waals surface area (Å²) < 4.78 is 6.23. The average Bonchev–Trinajstić information content (AvgIpc) is 2.15. The van der Waals surface area contributed by atoms with Gasteiger partial charge in [-0.3, -0.25) is 4.79 Å². The highest BCUT2D eigenvalue weighted by molar-refractivity contribution is 5.36. The molecule has 6 heteroatoms. The number of rotatable bonds is 1. The lowest BCUT2D eigenvalue weighted by atomic mass is 10.4. The molecule has 0 fully saturated rings. The lowest BCUT2D eigenvalue weighted by Gasteiger charge is -2.05. The van der Waals surface area contributed by atoms with Crippen molar-refractivity contribution >= 4 is 5.78 Å². The van der Waals surface area contributed by atoms with E-state index in [0.29, 0.717) is 11.6 Å². The Bertz CT molecular complexity index is 577. The Labute approximate surface area is 84.8 Å².